The van der Waals surface area contributed by atoms with E-state index in [2.05, 4.69) is 35.1 Å². The predicted molar refractivity (Wildman–Crippen MR) is 83.7 cm³/mol. The van der Waals surface area contributed by atoms with E-state index in [1.54, 1.807) is 0 Å². The molecule has 0 fully saturated rings. The van der Waals surface area contributed by atoms with E-state index in [4.69, 9.17) is 5.73 Å². The summed E-state index contributed by atoms with van der Waals surface area (Å²) < 4.78 is 0. The first-order valence-corrected chi connectivity index (χ1v) is 7.26. The monoisotopic (exact) mass is 281 g/mol. The van der Waals surface area contributed by atoms with E-state index in [-0.39, 0.29) is 0 Å². The summed E-state index contributed by atoms with van der Waals surface area (Å²) in [7, 11) is 0. The van der Waals surface area contributed by atoms with Gasteiger partial charge in [-0.3, -0.25) is 4.98 Å². The summed E-state index contributed by atoms with van der Waals surface area (Å²) >= 11 is 1.54. The van der Waals surface area contributed by atoms with Crippen LogP contribution in [0.1, 0.15) is 16.1 Å². The molecule has 0 radical (unpaired) electrons. The van der Waals surface area contributed by atoms with E-state index >= 15 is 0 Å². The van der Waals surface area contributed by atoms with Crippen molar-refractivity contribution >= 4 is 16.5 Å². The highest BCUT2D eigenvalue weighted by Crippen LogP contribution is 2.31. The summed E-state index contributed by atoms with van der Waals surface area (Å²) in [4.78, 5) is 10.0. The number of anilines is 1. The van der Waals surface area contributed by atoms with Crippen molar-refractivity contribution in [1.82, 2.24) is 9.97 Å². The summed E-state index contributed by atoms with van der Waals surface area (Å²) in [6.45, 7) is 2.08. The van der Waals surface area contributed by atoms with E-state index in [1.165, 1.54) is 16.9 Å². The third-order valence-corrected chi connectivity index (χ3v) is 3.96. The third kappa shape index (κ3) is 2.70. The van der Waals surface area contributed by atoms with Crippen LogP contribution in [-0.4, -0.2) is 9.97 Å². The van der Waals surface area contributed by atoms with Crippen molar-refractivity contribution in [2.75, 3.05) is 5.73 Å². The highest BCUT2D eigenvalue weighted by Gasteiger charge is 2.12. The van der Waals surface area contributed by atoms with Crippen LogP contribution >= 0.6 is 11.3 Å². The lowest BCUT2D eigenvalue weighted by molar-refractivity contribution is 1.09. The molecule has 100 valence electrons. The highest BCUT2D eigenvalue weighted by atomic mass is 32.1. The summed E-state index contributed by atoms with van der Waals surface area (Å²) in [5.41, 5.74) is 10.2. The van der Waals surface area contributed by atoms with Gasteiger partial charge >= 0.3 is 0 Å². The number of aromatic nitrogens is 2. The fraction of sp³-hybridized carbons (Fsp3) is 0.125. The molecule has 3 aromatic rings. The van der Waals surface area contributed by atoms with Crippen molar-refractivity contribution in [1.29, 1.82) is 0 Å². The maximum Gasteiger partial charge on any atom is 0.180 e. The second-order valence-corrected chi connectivity index (χ2v) is 5.81. The van der Waals surface area contributed by atoms with Gasteiger partial charge < -0.3 is 5.73 Å². The van der Waals surface area contributed by atoms with Crippen molar-refractivity contribution in [3.8, 4) is 11.3 Å². The normalized spacial score (nSPS) is 10.7. The Morgan fingerprint density at radius 1 is 1.15 bits per heavy atom. The van der Waals surface area contributed by atoms with Crippen molar-refractivity contribution in [2.45, 2.75) is 13.3 Å². The first-order valence-electron chi connectivity index (χ1n) is 6.44. The Balaban J connectivity index is 2.00. The van der Waals surface area contributed by atoms with Gasteiger partial charge in [-0.1, -0.05) is 29.8 Å². The van der Waals surface area contributed by atoms with Gasteiger partial charge in [0.25, 0.3) is 0 Å². The molecule has 0 aliphatic rings. The molecule has 2 heterocycles. The van der Waals surface area contributed by atoms with Gasteiger partial charge in [0.05, 0.1) is 5.69 Å². The Morgan fingerprint density at radius 2 is 2.05 bits per heavy atom. The lowest BCUT2D eigenvalue weighted by Gasteiger charge is -2.03. The number of hydrogen-bond acceptors (Lipinski definition) is 4. The van der Waals surface area contributed by atoms with Crippen LogP contribution in [0.4, 0.5) is 5.13 Å². The molecule has 0 aliphatic carbocycles. The number of nitrogen functional groups attached to an aromatic ring is 1. The molecule has 3 rings (SSSR count). The molecule has 4 heteroatoms. The van der Waals surface area contributed by atoms with Crippen LogP contribution in [0.25, 0.3) is 11.3 Å². The molecule has 0 atom stereocenters. The van der Waals surface area contributed by atoms with E-state index < -0.39 is 0 Å². The molecule has 0 unspecified atom stereocenters. The first kappa shape index (κ1) is 12.8. The lowest BCUT2D eigenvalue weighted by Crippen LogP contribution is -1.91. The average Bonchev–Trinajstić information content (AvgIpc) is 2.81. The number of thiazole rings is 1. The molecular formula is C16H15N3S. The molecule has 0 spiro atoms. The average molecular weight is 281 g/mol. The minimum atomic E-state index is 0.604. The number of nitrogens with two attached hydrogens (primary N) is 1. The van der Waals surface area contributed by atoms with Gasteiger partial charge in [0.1, 0.15) is 0 Å². The topological polar surface area (TPSA) is 51.8 Å². The van der Waals surface area contributed by atoms with Gasteiger partial charge in [0.2, 0.25) is 0 Å². The van der Waals surface area contributed by atoms with Gasteiger partial charge in [0, 0.05) is 28.8 Å². The number of hydrogen-bond donors (Lipinski definition) is 1. The third-order valence-electron chi connectivity index (χ3n) is 3.07. The smallest absolute Gasteiger partial charge is 0.180 e. The van der Waals surface area contributed by atoms with Crippen LogP contribution < -0.4 is 5.73 Å². The molecule has 0 bridgehead atoms. The lowest BCUT2D eigenvalue weighted by atomic mass is 10.1. The first-order chi connectivity index (χ1) is 9.72. The summed E-state index contributed by atoms with van der Waals surface area (Å²) in [5.74, 6) is 0. The Hall–Kier alpha value is -2.20. The molecular weight excluding hydrogens is 266 g/mol. The van der Waals surface area contributed by atoms with Gasteiger partial charge in [0.15, 0.2) is 5.13 Å². The predicted octanol–water partition coefficient (Wildman–Crippen LogP) is 3.69. The van der Waals surface area contributed by atoms with E-state index in [9.17, 15) is 0 Å². The molecule has 0 amide bonds. The van der Waals surface area contributed by atoms with Crippen molar-refractivity contribution in [3.05, 3.63) is 64.8 Å². The fourth-order valence-electron chi connectivity index (χ4n) is 2.17. The summed E-state index contributed by atoms with van der Waals surface area (Å²) in [5, 5.41) is 0.604. The standard InChI is InChI=1S/C16H15N3S/c1-11-5-4-6-12(9-11)15-14(20-16(17)19-15)10-13-7-2-3-8-18-13/h2-9H,10H2,1H3,(H2,17,19). The number of nitrogens with zero attached hydrogens (tertiary/aromatic N) is 2. The number of rotatable bonds is 3. The van der Waals surface area contributed by atoms with Crippen LogP contribution in [0.3, 0.4) is 0 Å². The fourth-order valence-corrected chi connectivity index (χ4v) is 3.04. The quantitative estimate of drug-likeness (QED) is 0.796. The molecule has 0 aliphatic heterocycles. The minimum absolute atomic E-state index is 0.604. The molecule has 2 N–H and O–H groups in total. The summed E-state index contributed by atoms with van der Waals surface area (Å²) in [6.07, 6.45) is 2.57. The van der Waals surface area contributed by atoms with Crippen LogP contribution in [0.5, 0.6) is 0 Å². The zero-order valence-electron chi connectivity index (χ0n) is 11.2. The van der Waals surface area contributed by atoms with E-state index in [1.807, 2.05) is 30.5 Å². The van der Waals surface area contributed by atoms with Crippen LogP contribution in [-0.2, 0) is 6.42 Å². The molecule has 0 saturated heterocycles. The van der Waals surface area contributed by atoms with Crippen LogP contribution in [0.2, 0.25) is 0 Å². The molecule has 2 aromatic heterocycles. The SMILES string of the molecule is Cc1cccc(-c2nc(N)sc2Cc2ccccn2)c1. The van der Waals surface area contributed by atoms with Gasteiger partial charge in [-0.15, -0.1) is 11.3 Å². The van der Waals surface area contributed by atoms with Gasteiger partial charge in [-0.2, -0.15) is 0 Å². The number of benzene rings is 1. The number of pyridine rings is 1. The number of aryl methyl sites for hydroxylation is 1. The second kappa shape index (κ2) is 5.43. The second-order valence-electron chi connectivity index (χ2n) is 4.69. The zero-order chi connectivity index (χ0) is 13.9. The zero-order valence-corrected chi connectivity index (χ0v) is 12.0. The maximum atomic E-state index is 5.90. The Bertz CT molecular complexity index is 720. The molecule has 1 aromatic carbocycles. The van der Waals surface area contributed by atoms with Gasteiger partial charge in [-0.05, 0) is 25.1 Å². The Kier molecular flexibility index (Phi) is 3.48. The van der Waals surface area contributed by atoms with E-state index in [0.717, 1.165) is 28.2 Å². The Labute approximate surface area is 122 Å². The molecule has 0 saturated carbocycles. The van der Waals surface area contributed by atoms with Gasteiger partial charge in [-0.25, -0.2) is 4.98 Å². The maximum absolute atomic E-state index is 5.90. The molecule has 20 heavy (non-hydrogen) atoms. The highest BCUT2D eigenvalue weighted by molar-refractivity contribution is 7.15. The molecule has 3 nitrogen and oxygen atoms in total. The van der Waals surface area contributed by atoms with Crippen LogP contribution in [0.15, 0.2) is 48.7 Å². The Morgan fingerprint density at radius 3 is 2.80 bits per heavy atom. The van der Waals surface area contributed by atoms with Crippen LogP contribution in [0, 0.1) is 6.92 Å². The van der Waals surface area contributed by atoms with E-state index in [0.29, 0.717) is 5.13 Å². The largest absolute Gasteiger partial charge is 0.375 e. The van der Waals surface area contributed by atoms with Crippen molar-refractivity contribution in [2.24, 2.45) is 0 Å². The van der Waals surface area contributed by atoms with Crippen molar-refractivity contribution in [3.63, 3.8) is 0 Å². The van der Waals surface area contributed by atoms with Crippen molar-refractivity contribution < 1.29 is 0 Å². The minimum Gasteiger partial charge on any atom is -0.375 e. The summed E-state index contributed by atoms with van der Waals surface area (Å²) in [6, 6.07) is 14.3.